The standard InChI is InChI=1S/C21H29N3OS2/c1-2-3-5-17-7-9-18(10-8-17)23-21(26)22-16-19(20-6-4-15-27-20)24-11-13-25-14-12-24/h4,6-10,15,19H,2-3,5,11-14,16H2,1H3,(H2,22,23,26)/t19-/m1/s1. The van der Waals surface area contributed by atoms with Gasteiger partial charge in [-0.15, -0.1) is 11.3 Å². The van der Waals surface area contributed by atoms with Crippen molar-refractivity contribution < 1.29 is 4.74 Å². The second kappa shape index (κ2) is 10.8. The third-order valence-electron chi connectivity index (χ3n) is 4.84. The molecule has 2 aromatic rings. The molecule has 3 rings (SSSR count). The van der Waals surface area contributed by atoms with Gasteiger partial charge in [-0.25, -0.2) is 0 Å². The molecular weight excluding hydrogens is 374 g/mol. The van der Waals surface area contributed by atoms with E-state index in [-0.39, 0.29) is 0 Å². The zero-order valence-corrected chi connectivity index (χ0v) is 17.6. The van der Waals surface area contributed by atoms with Crippen LogP contribution in [0, 0.1) is 0 Å². The largest absolute Gasteiger partial charge is 0.379 e. The van der Waals surface area contributed by atoms with Gasteiger partial charge in [-0.1, -0.05) is 31.5 Å². The van der Waals surface area contributed by atoms with Gasteiger partial charge in [0.1, 0.15) is 0 Å². The molecule has 2 N–H and O–H groups in total. The number of hydrogen-bond acceptors (Lipinski definition) is 4. The van der Waals surface area contributed by atoms with E-state index in [4.69, 9.17) is 17.0 Å². The van der Waals surface area contributed by atoms with Crippen LogP contribution in [0.1, 0.15) is 36.2 Å². The molecule has 4 nitrogen and oxygen atoms in total. The number of thiophene rings is 1. The number of thiocarbonyl (C=S) groups is 1. The quantitative estimate of drug-likeness (QED) is 0.637. The van der Waals surface area contributed by atoms with E-state index in [9.17, 15) is 0 Å². The summed E-state index contributed by atoms with van der Waals surface area (Å²) in [6, 6.07) is 13.2. The summed E-state index contributed by atoms with van der Waals surface area (Å²) >= 11 is 7.33. The van der Waals surface area contributed by atoms with Crippen LogP contribution < -0.4 is 10.6 Å². The molecule has 0 amide bonds. The zero-order chi connectivity index (χ0) is 18.9. The lowest BCUT2D eigenvalue weighted by molar-refractivity contribution is 0.0177. The van der Waals surface area contributed by atoms with E-state index in [1.54, 1.807) is 11.3 Å². The number of benzene rings is 1. The lowest BCUT2D eigenvalue weighted by Gasteiger charge is -2.34. The minimum Gasteiger partial charge on any atom is -0.379 e. The Labute approximate surface area is 171 Å². The molecule has 0 aliphatic carbocycles. The third-order valence-corrected chi connectivity index (χ3v) is 6.06. The maximum absolute atomic E-state index is 5.53. The van der Waals surface area contributed by atoms with Gasteiger partial charge in [-0.05, 0) is 54.2 Å². The van der Waals surface area contributed by atoms with Crippen LogP contribution in [-0.4, -0.2) is 42.9 Å². The second-order valence-electron chi connectivity index (χ2n) is 6.82. The summed E-state index contributed by atoms with van der Waals surface area (Å²) in [7, 11) is 0. The molecule has 146 valence electrons. The first-order valence-electron chi connectivity index (χ1n) is 9.75. The average molecular weight is 404 g/mol. The van der Waals surface area contributed by atoms with Gasteiger partial charge < -0.3 is 15.4 Å². The summed E-state index contributed by atoms with van der Waals surface area (Å²) in [5, 5.41) is 9.53. The van der Waals surface area contributed by atoms with Crippen molar-refractivity contribution in [3.63, 3.8) is 0 Å². The maximum Gasteiger partial charge on any atom is 0.170 e. The van der Waals surface area contributed by atoms with Crippen LogP contribution in [0.4, 0.5) is 5.69 Å². The fraction of sp³-hybridized carbons (Fsp3) is 0.476. The van der Waals surface area contributed by atoms with Gasteiger partial charge in [0.15, 0.2) is 5.11 Å². The first-order valence-corrected chi connectivity index (χ1v) is 11.0. The summed E-state index contributed by atoms with van der Waals surface area (Å²) in [5.74, 6) is 0. The topological polar surface area (TPSA) is 36.5 Å². The summed E-state index contributed by atoms with van der Waals surface area (Å²) in [5.41, 5.74) is 2.41. The van der Waals surface area contributed by atoms with Crippen molar-refractivity contribution in [3.05, 3.63) is 52.2 Å². The number of unbranched alkanes of at least 4 members (excludes halogenated alkanes) is 1. The van der Waals surface area contributed by atoms with Crippen LogP contribution in [0.2, 0.25) is 0 Å². The van der Waals surface area contributed by atoms with Crippen LogP contribution in [0.25, 0.3) is 0 Å². The normalized spacial score (nSPS) is 16.0. The molecule has 0 saturated carbocycles. The van der Waals surface area contributed by atoms with Gasteiger partial charge in [-0.2, -0.15) is 0 Å². The van der Waals surface area contributed by atoms with Gasteiger partial charge in [0.2, 0.25) is 0 Å². The fourth-order valence-corrected chi connectivity index (χ4v) is 4.34. The molecule has 1 saturated heterocycles. The minimum absolute atomic E-state index is 0.324. The smallest absolute Gasteiger partial charge is 0.170 e. The third kappa shape index (κ3) is 6.28. The molecule has 0 spiro atoms. The maximum atomic E-state index is 5.53. The molecule has 0 radical (unpaired) electrons. The first kappa shape index (κ1) is 20.3. The Kier molecular flexibility index (Phi) is 8.08. The summed E-state index contributed by atoms with van der Waals surface area (Å²) in [4.78, 5) is 3.85. The highest BCUT2D eigenvalue weighted by Gasteiger charge is 2.23. The fourth-order valence-electron chi connectivity index (χ4n) is 3.28. The van der Waals surface area contributed by atoms with Crippen LogP contribution >= 0.6 is 23.6 Å². The van der Waals surface area contributed by atoms with E-state index < -0.39 is 0 Å². The molecule has 1 fully saturated rings. The van der Waals surface area contributed by atoms with Crippen molar-refractivity contribution in [2.24, 2.45) is 0 Å². The Hall–Kier alpha value is -1.47. The Morgan fingerprint density at radius 2 is 2.00 bits per heavy atom. The molecule has 1 aromatic heterocycles. The monoisotopic (exact) mass is 403 g/mol. The SMILES string of the molecule is CCCCc1ccc(NC(=S)NC[C@H](c2cccs2)N2CCOCC2)cc1. The molecule has 1 aliphatic rings. The molecule has 2 heterocycles. The molecule has 1 aromatic carbocycles. The predicted molar refractivity (Wildman–Crippen MR) is 119 cm³/mol. The Balaban J connectivity index is 1.53. The Morgan fingerprint density at radius 3 is 2.67 bits per heavy atom. The van der Waals surface area contributed by atoms with Gasteiger partial charge in [-0.3, -0.25) is 4.90 Å². The van der Waals surface area contributed by atoms with E-state index in [0.717, 1.165) is 45.0 Å². The Bertz CT molecular complexity index is 682. The van der Waals surface area contributed by atoms with E-state index in [2.05, 4.69) is 64.2 Å². The van der Waals surface area contributed by atoms with Gasteiger partial charge in [0.25, 0.3) is 0 Å². The number of morpholine rings is 1. The average Bonchev–Trinajstić information content (AvgIpc) is 3.23. The van der Waals surface area contributed by atoms with Crippen molar-refractivity contribution >= 4 is 34.4 Å². The first-order chi connectivity index (χ1) is 13.3. The lowest BCUT2D eigenvalue weighted by atomic mass is 10.1. The second-order valence-corrected chi connectivity index (χ2v) is 8.20. The number of rotatable bonds is 8. The Morgan fingerprint density at radius 1 is 1.22 bits per heavy atom. The van der Waals surface area contributed by atoms with E-state index >= 15 is 0 Å². The summed E-state index contributed by atoms with van der Waals surface area (Å²) < 4.78 is 5.51. The van der Waals surface area contributed by atoms with E-state index in [0.29, 0.717) is 11.2 Å². The molecule has 1 aliphatic heterocycles. The van der Waals surface area contributed by atoms with Crippen molar-refractivity contribution in [3.8, 4) is 0 Å². The van der Waals surface area contributed by atoms with Gasteiger partial charge >= 0.3 is 0 Å². The van der Waals surface area contributed by atoms with E-state index in [1.807, 2.05) is 0 Å². The number of nitrogens with zero attached hydrogens (tertiary/aromatic N) is 1. The number of hydrogen-bond donors (Lipinski definition) is 2. The highest BCUT2D eigenvalue weighted by molar-refractivity contribution is 7.80. The van der Waals surface area contributed by atoms with Gasteiger partial charge in [0, 0.05) is 30.2 Å². The lowest BCUT2D eigenvalue weighted by Crippen LogP contribution is -2.44. The molecule has 0 bridgehead atoms. The molecule has 6 heteroatoms. The molecule has 1 atom stereocenters. The van der Waals surface area contributed by atoms with Crippen molar-refractivity contribution in [2.45, 2.75) is 32.2 Å². The summed E-state index contributed by atoms with van der Waals surface area (Å²) in [6.45, 7) is 6.54. The number of nitrogens with one attached hydrogen (secondary N) is 2. The number of aryl methyl sites for hydroxylation is 1. The van der Waals surface area contributed by atoms with Gasteiger partial charge in [0.05, 0.1) is 19.3 Å². The van der Waals surface area contributed by atoms with Crippen molar-refractivity contribution in [2.75, 3.05) is 38.2 Å². The van der Waals surface area contributed by atoms with Crippen LogP contribution in [0.15, 0.2) is 41.8 Å². The minimum atomic E-state index is 0.324. The summed E-state index contributed by atoms with van der Waals surface area (Å²) in [6.07, 6.45) is 3.60. The zero-order valence-electron chi connectivity index (χ0n) is 15.9. The highest BCUT2D eigenvalue weighted by Crippen LogP contribution is 2.25. The van der Waals surface area contributed by atoms with Crippen LogP contribution in [-0.2, 0) is 11.2 Å². The van der Waals surface area contributed by atoms with Crippen molar-refractivity contribution in [1.29, 1.82) is 0 Å². The molecular formula is C21H29N3OS2. The molecule has 27 heavy (non-hydrogen) atoms. The highest BCUT2D eigenvalue weighted by atomic mass is 32.1. The predicted octanol–water partition coefficient (Wildman–Crippen LogP) is 4.45. The molecule has 0 unspecified atom stereocenters. The van der Waals surface area contributed by atoms with E-state index in [1.165, 1.54) is 23.3 Å². The number of anilines is 1. The van der Waals surface area contributed by atoms with Crippen LogP contribution in [0.3, 0.4) is 0 Å². The van der Waals surface area contributed by atoms with Crippen LogP contribution in [0.5, 0.6) is 0 Å². The van der Waals surface area contributed by atoms with Crippen molar-refractivity contribution in [1.82, 2.24) is 10.2 Å². The number of ether oxygens (including phenoxy) is 1.